The zero-order chi connectivity index (χ0) is 10.2. The number of nitrogens with zero attached hydrogens (tertiary/aromatic N) is 1. The third-order valence-electron chi connectivity index (χ3n) is 1.80. The van der Waals surface area contributed by atoms with E-state index in [1.807, 2.05) is 12.1 Å². The lowest BCUT2D eigenvalue weighted by Gasteiger charge is -2.03. The molecule has 14 heavy (non-hydrogen) atoms. The van der Waals surface area contributed by atoms with Crippen molar-refractivity contribution in [2.24, 2.45) is 5.73 Å². The molecule has 2 N–H and O–H groups in total. The third kappa shape index (κ3) is 3.83. The van der Waals surface area contributed by atoms with Crippen molar-refractivity contribution in [2.45, 2.75) is 13.2 Å². The first-order valence-electron chi connectivity index (χ1n) is 4.57. The summed E-state index contributed by atoms with van der Waals surface area (Å²) in [5, 5.41) is 0. The molecule has 4 heteroatoms. The zero-order valence-electron chi connectivity index (χ0n) is 8.40. The highest BCUT2D eigenvalue weighted by molar-refractivity contribution is 5.13. The highest BCUT2D eigenvalue weighted by Crippen LogP contribution is 2.00. The van der Waals surface area contributed by atoms with Crippen LogP contribution in [0.5, 0.6) is 0 Å². The Hall–Kier alpha value is -0.970. The van der Waals surface area contributed by atoms with Gasteiger partial charge in [-0.3, -0.25) is 4.98 Å². The van der Waals surface area contributed by atoms with E-state index in [1.165, 1.54) is 0 Å². The van der Waals surface area contributed by atoms with Gasteiger partial charge in [-0.15, -0.1) is 0 Å². The third-order valence-corrected chi connectivity index (χ3v) is 1.80. The van der Waals surface area contributed by atoms with Crippen LogP contribution in [-0.4, -0.2) is 25.3 Å². The monoisotopic (exact) mass is 196 g/mol. The molecule has 0 atom stereocenters. The first-order chi connectivity index (χ1) is 6.86. The largest absolute Gasteiger partial charge is 0.382 e. The molecule has 1 aromatic heterocycles. The summed E-state index contributed by atoms with van der Waals surface area (Å²) in [5.74, 6) is 0. The summed E-state index contributed by atoms with van der Waals surface area (Å²) >= 11 is 0. The van der Waals surface area contributed by atoms with Crippen LogP contribution in [0.15, 0.2) is 18.3 Å². The molecule has 0 aliphatic heterocycles. The van der Waals surface area contributed by atoms with Crippen LogP contribution in [0.2, 0.25) is 0 Å². The van der Waals surface area contributed by atoms with Crippen molar-refractivity contribution in [3.05, 3.63) is 29.6 Å². The first-order valence-corrected chi connectivity index (χ1v) is 4.57. The molecule has 0 aromatic carbocycles. The predicted octanol–water partition coefficient (Wildman–Crippen LogP) is 0.703. The second-order valence-corrected chi connectivity index (χ2v) is 2.91. The summed E-state index contributed by atoms with van der Waals surface area (Å²) in [6.07, 6.45) is 1.77. The number of ether oxygens (including phenoxy) is 2. The zero-order valence-corrected chi connectivity index (χ0v) is 8.40. The van der Waals surface area contributed by atoms with E-state index in [9.17, 15) is 0 Å². The number of aromatic nitrogens is 1. The van der Waals surface area contributed by atoms with Gasteiger partial charge in [0.05, 0.1) is 25.5 Å². The molecule has 78 valence electrons. The quantitative estimate of drug-likeness (QED) is 0.680. The molecule has 1 aromatic rings. The fourth-order valence-electron chi connectivity index (χ4n) is 0.980. The lowest BCUT2D eigenvalue weighted by molar-refractivity contribution is 0.0602. The molecular weight excluding hydrogens is 180 g/mol. The van der Waals surface area contributed by atoms with Gasteiger partial charge in [0.15, 0.2) is 0 Å². The second-order valence-electron chi connectivity index (χ2n) is 2.91. The molecule has 0 radical (unpaired) electrons. The smallest absolute Gasteiger partial charge is 0.0889 e. The molecule has 0 bridgehead atoms. The van der Waals surface area contributed by atoms with Crippen LogP contribution in [0.3, 0.4) is 0 Å². The normalized spacial score (nSPS) is 10.4. The van der Waals surface area contributed by atoms with Gasteiger partial charge >= 0.3 is 0 Å². The van der Waals surface area contributed by atoms with Crippen LogP contribution in [-0.2, 0) is 22.6 Å². The Morgan fingerprint density at radius 3 is 2.79 bits per heavy atom. The van der Waals surface area contributed by atoms with Gasteiger partial charge in [0.1, 0.15) is 0 Å². The highest BCUT2D eigenvalue weighted by atomic mass is 16.5. The van der Waals surface area contributed by atoms with Crippen molar-refractivity contribution >= 4 is 0 Å². The molecule has 1 heterocycles. The molecular formula is C10H16N2O2. The van der Waals surface area contributed by atoms with Gasteiger partial charge in [0, 0.05) is 19.9 Å². The van der Waals surface area contributed by atoms with E-state index in [0.717, 1.165) is 11.3 Å². The van der Waals surface area contributed by atoms with Crippen molar-refractivity contribution in [1.82, 2.24) is 4.98 Å². The number of rotatable bonds is 6. The first kappa shape index (κ1) is 11.1. The van der Waals surface area contributed by atoms with E-state index < -0.39 is 0 Å². The number of nitrogens with two attached hydrogens (primary N) is 1. The maximum Gasteiger partial charge on any atom is 0.0889 e. The fourth-order valence-corrected chi connectivity index (χ4v) is 0.980. The van der Waals surface area contributed by atoms with Gasteiger partial charge in [-0.25, -0.2) is 0 Å². The van der Waals surface area contributed by atoms with Gasteiger partial charge in [-0.1, -0.05) is 6.07 Å². The van der Waals surface area contributed by atoms with E-state index in [2.05, 4.69) is 4.98 Å². The summed E-state index contributed by atoms with van der Waals surface area (Å²) in [4.78, 5) is 4.20. The van der Waals surface area contributed by atoms with Gasteiger partial charge < -0.3 is 15.2 Å². The SMILES string of the molecule is COCCOCc1ccc(CN)cn1. The lowest BCUT2D eigenvalue weighted by atomic mass is 10.2. The summed E-state index contributed by atoms with van der Waals surface area (Å²) in [7, 11) is 1.65. The van der Waals surface area contributed by atoms with E-state index in [-0.39, 0.29) is 0 Å². The van der Waals surface area contributed by atoms with Crippen LogP contribution in [0, 0.1) is 0 Å². The average Bonchev–Trinajstić information content (AvgIpc) is 2.25. The molecule has 4 nitrogen and oxygen atoms in total. The topological polar surface area (TPSA) is 57.4 Å². The average molecular weight is 196 g/mol. The van der Waals surface area contributed by atoms with E-state index in [4.69, 9.17) is 15.2 Å². The van der Waals surface area contributed by atoms with E-state index in [1.54, 1.807) is 13.3 Å². The second kappa shape index (κ2) is 6.48. The van der Waals surface area contributed by atoms with Crippen molar-refractivity contribution in [3.8, 4) is 0 Å². The minimum absolute atomic E-state index is 0.522. The Kier molecular flexibility index (Phi) is 5.14. The molecule has 0 aliphatic carbocycles. The fraction of sp³-hybridized carbons (Fsp3) is 0.500. The predicted molar refractivity (Wildman–Crippen MR) is 53.7 cm³/mol. The summed E-state index contributed by atoms with van der Waals surface area (Å²) in [6, 6.07) is 3.89. The number of methoxy groups -OCH3 is 1. The van der Waals surface area contributed by atoms with Crippen LogP contribution in [0.4, 0.5) is 0 Å². The summed E-state index contributed by atoms with van der Waals surface area (Å²) in [5.41, 5.74) is 7.40. The van der Waals surface area contributed by atoms with Gasteiger partial charge in [-0.2, -0.15) is 0 Å². The van der Waals surface area contributed by atoms with Crippen LogP contribution >= 0.6 is 0 Å². The number of hydrogen-bond donors (Lipinski definition) is 1. The maximum atomic E-state index is 5.45. The lowest BCUT2D eigenvalue weighted by Crippen LogP contribution is -2.03. The standard InChI is InChI=1S/C10H16N2O2/c1-13-4-5-14-8-10-3-2-9(6-11)7-12-10/h2-3,7H,4-6,8,11H2,1H3. The van der Waals surface area contributed by atoms with Crippen molar-refractivity contribution < 1.29 is 9.47 Å². The van der Waals surface area contributed by atoms with E-state index >= 15 is 0 Å². The van der Waals surface area contributed by atoms with Gasteiger partial charge in [0.25, 0.3) is 0 Å². The Bertz CT molecular complexity index is 249. The Balaban J connectivity index is 2.29. The Morgan fingerprint density at radius 1 is 1.36 bits per heavy atom. The highest BCUT2D eigenvalue weighted by Gasteiger charge is 1.95. The van der Waals surface area contributed by atoms with Crippen LogP contribution in [0.25, 0.3) is 0 Å². The molecule has 1 rings (SSSR count). The van der Waals surface area contributed by atoms with Crippen molar-refractivity contribution in [1.29, 1.82) is 0 Å². The van der Waals surface area contributed by atoms with E-state index in [0.29, 0.717) is 26.4 Å². The molecule has 0 spiro atoms. The van der Waals surface area contributed by atoms with Gasteiger partial charge in [-0.05, 0) is 11.6 Å². The molecule has 0 unspecified atom stereocenters. The van der Waals surface area contributed by atoms with Crippen molar-refractivity contribution in [2.75, 3.05) is 20.3 Å². The van der Waals surface area contributed by atoms with Crippen LogP contribution in [0.1, 0.15) is 11.3 Å². The molecule has 0 aliphatic rings. The molecule has 0 saturated carbocycles. The minimum Gasteiger partial charge on any atom is -0.382 e. The minimum atomic E-state index is 0.522. The molecule has 0 fully saturated rings. The molecule has 0 saturated heterocycles. The Labute approximate surface area is 84.0 Å². The van der Waals surface area contributed by atoms with Crippen LogP contribution < -0.4 is 5.73 Å². The van der Waals surface area contributed by atoms with Gasteiger partial charge in [0.2, 0.25) is 0 Å². The maximum absolute atomic E-state index is 5.45. The Morgan fingerprint density at radius 2 is 2.21 bits per heavy atom. The van der Waals surface area contributed by atoms with Crippen molar-refractivity contribution in [3.63, 3.8) is 0 Å². The number of hydrogen-bond acceptors (Lipinski definition) is 4. The summed E-state index contributed by atoms with van der Waals surface area (Å²) in [6.45, 7) is 2.25. The number of pyridine rings is 1. The molecule has 0 amide bonds. The summed E-state index contributed by atoms with van der Waals surface area (Å²) < 4.78 is 10.2.